The zero-order valence-electron chi connectivity index (χ0n) is 26.1. The largest absolute Gasteiger partial charge is 0.492 e. The number of esters is 1. The molecule has 0 aliphatic carbocycles. The van der Waals surface area contributed by atoms with Crippen LogP contribution in [0.25, 0.3) is 0 Å². The first-order valence-electron chi connectivity index (χ1n) is 15.9. The molecule has 0 saturated carbocycles. The average Bonchev–Trinajstić information content (AvgIpc) is 3.43. The van der Waals surface area contributed by atoms with E-state index in [-0.39, 0.29) is 23.6 Å². The molecule has 0 bridgehead atoms. The highest BCUT2D eigenvalue weighted by atomic mass is 16.6. The summed E-state index contributed by atoms with van der Waals surface area (Å²) in [4.78, 5) is 30.4. The second-order valence-corrected chi connectivity index (χ2v) is 12.6. The number of nitrogens with one attached hydrogen (secondary N) is 1. The lowest BCUT2D eigenvalue weighted by atomic mass is 9.82. The third kappa shape index (κ3) is 8.13. The summed E-state index contributed by atoms with van der Waals surface area (Å²) in [6, 6.07) is 7.72. The first-order valence-corrected chi connectivity index (χ1v) is 15.9. The van der Waals surface area contributed by atoms with Gasteiger partial charge in [-0.15, -0.1) is 0 Å². The van der Waals surface area contributed by atoms with Crippen LogP contribution in [0.3, 0.4) is 0 Å². The number of aryl methyl sites for hydroxylation is 3. The van der Waals surface area contributed by atoms with Gasteiger partial charge in [-0.3, -0.25) is 14.6 Å². The fraction of sp³-hybridized carbons (Fsp3) is 0.618. The van der Waals surface area contributed by atoms with Gasteiger partial charge in [0.25, 0.3) is 5.56 Å². The SMILES string of the molecule is Cc1cc(C2=Nc3ccc(OCCN[C@H](C(=O)O[C@H]4CCOC4)C(C)C)cc3CCC2CC2CCOCC2)cn(C)c1=O. The molecule has 9 nitrogen and oxygen atoms in total. The topological polar surface area (TPSA) is 100 Å². The molecule has 3 aliphatic heterocycles. The van der Waals surface area contributed by atoms with Crippen molar-refractivity contribution in [2.45, 2.75) is 71.4 Å². The van der Waals surface area contributed by atoms with Crippen LogP contribution in [0.5, 0.6) is 5.75 Å². The van der Waals surface area contributed by atoms with Gasteiger partial charge in [0.1, 0.15) is 24.5 Å². The van der Waals surface area contributed by atoms with E-state index in [0.717, 1.165) is 80.0 Å². The monoisotopic (exact) mass is 593 g/mol. The maximum Gasteiger partial charge on any atom is 0.323 e. The van der Waals surface area contributed by atoms with Crippen molar-refractivity contribution < 1.29 is 23.7 Å². The molecule has 1 aromatic carbocycles. The molecule has 4 heterocycles. The van der Waals surface area contributed by atoms with Crippen molar-refractivity contribution in [2.24, 2.45) is 29.8 Å². The fourth-order valence-corrected chi connectivity index (χ4v) is 6.40. The number of aliphatic imine (C=N–C) groups is 1. The molecule has 1 unspecified atom stereocenters. The van der Waals surface area contributed by atoms with E-state index in [4.69, 9.17) is 23.9 Å². The lowest BCUT2D eigenvalue weighted by Gasteiger charge is -2.27. The van der Waals surface area contributed by atoms with E-state index in [1.165, 1.54) is 5.56 Å². The molecule has 0 spiro atoms. The van der Waals surface area contributed by atoms with Gasteiger partial charge in [-0.25, -0.2) is 0 Å². The number of hydrogen-bond donors (Lipinski definition) is 1. The third-order valence-corrected chi connectivity index (χ3v) is 8.88. The summed E-state index contributed by atoms with van der Waals surface area (Å²) >= 11 is 0. The van der Waals surface area contributed by atoms with E-state index < -0.39 is 6.04 Å². The summed E-state index contributed by atoms with van der Waals surface area (Å²) in [5.74, 6) is 1.57. The molecular formula is C34H47N3O6. The number of ether oxygens (including phenoxy) is 4. The zero-order valence-corrected chi connectivity index (χ0v) is 26.1. The first-order chi connectivity index (χ1) is 20.8. The Balaban J connectivity index is 1.26. The Kier molecular flexibility index (Phi) is 10.7. The predicted octanol–water partition coefficient (Wildman–Crippen LogP) is 4.52. The van der Waals surface area contributed by atoms with Crippen LogP contribution in [0.1, 0.15) is 62.6 Å². The number of fused-ring (bicyclic) bond motifs is 1. The summed E-state index contributed by atoms with van der Waals surface area (Å²) in [6.07, 6.45) is 7.67. The molecule has 0 amide bonds. The van der Waals surface area contributed by atoms with Gasteiger partial charge >= 0.3 is 5.97 Å². The lowest BCUT2D eigenvalue weighted by Crippen LogP contribution is -2.45. The zero-order chi connectivity index (χ0) is 30.3. The van der Waals surface area contributed by atoms with E-state index in [9.17, 15) is 9.59 Å². The van der Waals surface area contributed by atoms with Crippen LogP contribution in [0.2, 0.25) is 0 Å². The number of carbonyl (C=O) groups is 1. The molecule has 2 fully saturated rings. The number of carbonyl (C=O) groups excluding carboxylic acids is 1. The minimum atomic E-state index is -0.391. The molecule has 2 aromatic rings. The van der Waals surface area contributed by atoms with Gasteiger partial charge in [-0.2, -0.15) is 0 Å². The standard InChI is InChI=1S/C34H47N3O6/c1-22(2)31(34(39)43-29-11-15-41-21-29)35-12-16-42-28-7-8-30-25(19-28)5-6-26(18-24-9-13-40-14-10-24)32(36-30)27-17-23(3)33(38)37(4)20-27/h7-8,17,19-20,22,24,26,29,31,35H,5-6,9-16,18,21H2,1-4H3/t26?,29-,31-/m0/s1. The molecule has 43 heavy (non-hydrogen) atoms. The molecule has 9 heteroatoms. The summed E-state index contributed by atoms with van der Waals surface area (Å²) in [7, 11) is 1.81. The molecule has 5 rings (SSSR count). The number of nitrogens with zero attached hydrogens (tertiary/aromatic N) is 2. The van der Waals surface area contributed by atoms with E-state index in [2.05, 4.69) is 11.4 Å². The highest BCUT2D eigenvalue weighted by Crippen LogP contribution is 2.36. The van der Waals surface area contributed by atoms with Crippen LogP contribution in [0, 0.1) is 24.7 Å². The molecular weight excluding hydrogens is 546 g/mol. The third-order valence-electron chi connectivity index (χ3n) is 8.88. The second kappa shape index (κ2) is 14.6. The van der Waals surface area contributed by atoms with Crippen molar-refractivity contribution in [1.82, 2.24) is 9.88 Å². The fourth-order valence-electron chi connectivity index (χ4n) is 6.40. The lowest BCUT2D eigenvalue weighted by molar-refractivity contribution is -0.152. The van der Waals surface area contributed by atoms with Gasteiger partial charge in [0.2, 0.25) is 0 Å². The molecule has 234 valence electrons. The summed E-state index contributed by atoms with van der Waals surface area (Å²) in [6.45, 7) is 9.63. The average molecular weight is 594 g/mol. The Morgan fingerprint density at radius 2 is 1.91 bits per heavy atom. The Morgan fingerprint density at radius 3 is 2.63 bits per heavy atom. The van der Waals surface area contributed by atoms with Crippen LogP contribution >= 0.6 is 0 Å². The Morgan fingerprint density at radius 1 is 1.12 bits per heavy atom. The predicted molar refractivity (Wildman–Crippen MR) is 166 cm³/mol. The number of hydrogen-bond acceptors (Lipinski definition) is 8. The van der Waals surface area contributed by atoms with Gasteiger partial charge in [0, 0.05) is 56.5 Å². The first kappa shape index (κ1) is 31.4. The minimum Gasteiger partial charge on any atom is -0.492 e. The number of pyridine rings is 1. The molecule has 3 atom stereocenters. The van der Waals surface area contributed by atoms with Crippen molar-refractivity contribution in [1.29, 1.82) is 0 Å². The molecule has 1 N–H and O–H groups in total. The Hall–Kier alpha value is -3.01. The summed E-state index contributed by atoms with van der Waals surface area (Å²) < 4.78 is 24.4. The van der Waals surface area contributed by atoms with Crippen LogP contribution in [-0.4, -0.2) is 68.0 Å². The van der Waals surface area contributed by atoms with E-state index in [1.54, 1.807) is 4.57 Å². The van der Waals surface area contributed by atoms with Crippen LogP contribution < -0.4 is 15.6 Å². The number of rotatable bonds is 11. The smallest absolute Gasteiger partial charge is 0.323 e. The van der Waals surface area contributed by atoms with Crippen molar-refractivity contribution in [3.8, 4) is 5.75 Å². The summed E-state index contributed by atoms with van der Waals surface area (Å²) in [5.41, 5.74) is 4.97. The minimum absolute atomic E-state index is 0.0238. The Bertz CT molecular complexity index is 1310. The second-order valence-electron chi connectivity index (χ2n) is 12.6. The van der Waals surface area contributed by atoms with Crippen molar-refractivity contribution in [3.05, 3.63) is 57.5 Å². The Labute approximate surface area is 255 Å². The van der Waals surface area contributed by atoms with Crippen LogP contribution in [0.4, 0.5) is 5.69 Å². The number of aromatic nitrogens is 1. The summed E-state index contributed by atoms with van der Waals surface area (Å²) in [5, 5.41) is 3.32. The maximum atomic E-state index is 12.7. The van der Waals surface area contributed by atoms with Gasteiger partial charge < -0.3 is 28.8 Å². The quantitative estimate of drug-likeness (QED) is 0.302. The molecule has 1 aromatic heterocycles. The van der Waals surface area contributed by atoms with E-state index >= 15 is 0 Å². The van der Waals surface area contributed by atoms with Gasteiger partial charge in [0.15, 0.2) is 0 Å². The van der Waals surface area contributed by atoms with Crippen molar-refractivity contribution >= 4 is 17.4 Å². The van der Waals surface area contributed by atoms with Crippen molar-refractivity contribution in [2.75, 3.05) is 39.6 Å². The van der Waals surface area contributed by atoms with Gasteiger partial charge in [-0.05, 0) is 80.7 Å². The van der Waals surface area contributed by atoms with Crippen LogP contribution in [-0.2, 0) is 32.5 Å². The van der Waals surface area contributed by atoms with Crippen molar-refractivity contribution in [3.63, 3.8) is 0 Å². The van der Waals surface area contributed by atoms with E-state index in [1.807, 2.05) is 52.2 Å². The molecule has 0 radical (unpaired) electrons. The van der Waals surface area contributed by atoms with Gasteiger partial charge in [0.05, 0.1) is 24.6 Å². The van der Waals surface area contributed by atoms with Gasteiger partial charge in [-0.1, -0.05) is 13.8 Å². The molecule has 2 saturated heterocycles. The van der Waals surface area contributed by atoms with E-state index in [0.29, 0.717) is 38.2 Å². The van der Waals surface area contributed by atoms with Crippen LogP contribution in [0.15, 0.2) is 40.2 Å². The number of benzene rings is 1. The maximum absolute atomic E-state index is 12.7. The molecule has 3 aliphatic rings. The highest BCUT2D eigenvalue weighted by Gasteiger charge is 2.29. The highest BCUT2D eigenvalue weighted by molar-refractivity contribution is 6.04. The normalized spacial score (nSPS) is 21.7.